The van der Waals surface area contributed by atoms with Crippen LogP contribution in [0.4, 0.5) is 0 Å². The van der Waals surface area contributed by atoms with Crippen molar-refractivity contribution in [3.05, 3.63) is 41.0 Å². The zero-order valence-electron chi connectivity index (χ0n) is 15.4. The third-order valence-electron chi connectivity index (χ3n) is 4.97. The van der Waals surface area contributed by atoms with E-state index in [-0.39, 0.29) is 0 Å². The normalized spacial score (nSPS) is 11.5. The largest absolute Gasteiger partial charge is 0.493 e. The summed E-state index contributed by atoms with van der Waals surface area (Å²) in [4.78, 5) is 0. The SMILES string of the molecule is CCCCCCc1ccc2c(oc3c(C)c(OCC)ccc32)c1C. The molecule has 3 rings (SSSR count). The predicted molar refractivity (Wildman–Crippen MR) is 102 cm³/mol. The molecule has 0 amide bonds. The molecule has 0 spiro atoms. The average Bonchev–Trinajstić information content (AvgIpc) is 2.96. The number of hydrogen-bond donors (Lipinski definition) is 0. The van der Waals surface area contributed by atoms with Crippen LogP contribution in [0.25, 0.3) is 21.9 Å². The van der Waals surface area contributed by atoms with Crippen LogP contribution in [-0.4, -0.2) is 6.61 Å². The highest BCUT2D eigenvalue weighted by molar-refractivity contribution is 6.07. The van der Waals surface area contributed by atoms with Crippen LogP contribution in [0.2, 0.25) is 0 Å². The van der Waals surface area contributed by atoms with Gasteiger partial charge in [0, 0.05) is 16.3 Å². The van der Waals surface area contributed by atoms with E-state index in [1.807, 2.05) is 6.92 Å². The van der Waals surface area contributed by atoms with Crippen molar-refractivity contribution in [1.29, 1.82) is 0 Å². The minimum Gasteiger partial charge on any atom is -0.493 e. The third kappa shape index (κ3) is 3.02. The van der Waals surface area contributed by atoms with Crippen LogP contribution in [0.15, 0.2) is 28.7 Å². The fraction of sp³-hybridized carbons (Fsp3) is 0.455. The monoisotopic (exact) mass is 324 g/mol. The van der Waals surface area contributed by atoms with Gasteiger partial charge in [0.25, 0.3) is 0 Å². The second-order valence-corrected chi connectivity index (χ2v) is 6.64. The van der Waals surface area contributed by atoms with E-state index in [0.717, 1.165) is 28.9 Å². The van der Waals surface area contributed by atoms with Crippen molar-refractivity contribution < 1.29 is 9.15 Å². The summed E-state index contributed by atoms with van der Waals surface area (Å²) in [5.41, 5.74) is 5.80. The molecule has 24 heavy (non-hydrogen) atoms. The van der Waals surface area contributed by atoms with Crippen LogP contribution >= 0.6 is 0 Å². The Balaban J connectivity index is 2.01. The molecule has 2 aromatic carbocycles. The average molecular weight is 324 g/mol. The summed E-state index contributed by atoms with van der Waals surface area (Å²) in [6.45, 7) is 9.21. The number of rotatable bonds is 7. The van der Waals surface area contributed by atoms with Crippen molar-refractivity contribution >= 4 is 21.9 Å². The van der Waals surface area contributed by atoms with Gasteiger partial charge in [-0.2, -0.15) is 0 Å². The molecule has 0 aliphatic rings. The second-order valence-electron chi connectivity index (χ2n) is 6.64. The second kappa shape index (κ2) is 7.29. The van der Waals surface area contributed by atoms with Gasteiger partial charge in [-0.25, -0.2) is 0 Å². The number of hydrogen-bond acceptors (Lipinski definition) is 2. The smallest absolute Gasteiger partial charge is 0.142 e. The summed E-state index contributed by atoms with van der Waals surface area (Å²) in [5, 5.41) is 2.40. The molecule has 0 unspecified atom stereocenters. The number of unbranched alkanes of at least 4 members (excludes halogenated alkanes) is 3. The first-order valence-electron chi connectivity index (χ1n) is 9.24. The van der Waals surface area contributed by atoms with Crippen LogP contribution in [0.3, 0.4) is 0 Å². The maximum absolute atomic E-state index is 6.29. The highest BCUT2D eigenvalue weighted by atomic mass is 16.5. The van der Waals surface area contributed by atoms with E-state index in [1.165, 1.54) is 47.6 Å². The van der Waals surface area contributed by atoms with Gasteiger partial charge in [-0.15, -0.1) is 0 Å². The van der Waals surface area contributed by atoms with Crippen molar-refractivity contribution in [2.24, 2.45) is 0 Å². The molecule has 0 atom stereocenters. The first-order valence-corrected chi connectivity index (χ1v) is 9.24. The van der Waals surface area contributed by atoms with Crippen molar-refractivity contribution in [2.75, 3.05) is 6.61 Å². The lowest BCUT2D eigenvalue weighted by Crippen LogP contribution is -1.93. The molecule has 0 radical (unpaired) electrons. The van der Waals surface area contributed by atoms with Crippen LogP contribution in [-0.2, 0) is 6.42 Å². The summed E-state index contributed by atoms with van der Waals surface area (Å²) in [6.07, 6.45) is 6.31. The predicted octanol–water partition coefficient (Wildman–Crippen LogP) is 6.72. The summed E-state index contributed by atoms with van der Waals surface area (Å²) >= 11 is 0. The molecule has 3 aromatic rings. The maximum atomic E-state index is 6.29. The highest BCUT2D eigenvalue weighted by Gasteiger charge is 2.15. The molecule has 0 aliphatic heterocycles. The molecule has 2 heteroatoms. The molecule has 0 fully saturated rings. The van der Waals surface area contributed by atoms with Crippen LogP contribution in [0.5, 0.6) is 5.75 Å². The Labute approximate surface area is 144 Å². The summed E-state index contributed by atoms with van der Waals surface area (Å²) in [7, 11) is 0. The molecular weight excluding hydrogens is 296 g/mol. The van der Waals surface area contributed by atoms with Gasteiger partial charge < -0.3 is 9.15 Å². The first kappa shape index (κ1) is 16.9. The Kier molecular flexibility index (Phi) is 5.13. The van der Waals surface area contributed by atoms with Crippen molar-refractivity contribution in [1.82, 2.24) is 0 Å². The summed E-state index contributed by atoms with van der Waals surface area (Å²) in [5.74, 6) is 0.918. The van der Waals surface area contributed by atoms with E-state index < -0.39 is 0 Å². The van der Waals surface area contributed by atoms with E-state index >= 15 is 0 Å². The fourth-order valence-corrected chi connectivity index (χ4v) is 3.52. The Bertz CT molecular complexity index is 842. The van der Waals surface area contributed by atoms with Gasteiger partial charge in [-0.3, -0.25) is 0 Å². The third-order valence-corrected chi connectivity index (χ3v) is 4.97. The minimum atomic E-state index is 0.674. The fourth-order valence-electron chi connectivity index (χ4n) is 3.52. The Hall–Kier alpha value is -1.96. The van der Waals surface area contributed by atoms with Gasteiger partial charge in [0.05, 0.1) is 6.61 Å². The molecule has 0 bridgehead atoms. The van der Waals surface area contributed by atoms with E-state index in [0.29, 0.717) is 6.61 Å². The zero-order valence-corrected chi connectivity index (χ0v) is 15.4. The van der Waals surface area contributed by atoms with Gasteiger partial charge in [0.1, 0.15) is 16.9 Å². The molecule has 1 aromatic heterocycles. The van der Waals surface area contributed by atoms with Crippen molar-refractivity contribution in [3.63, 3.8) is 0 Å². The van der Waals surface area contributed by atoms with Crippen molar-refractivity contribution in [3.8, 4) is 5.75 Å². The molecule has 2 nitrogen and oxygen atoms in total. The Morgan fingerprint density at radius 3 is 2.25 bits per heavy atom. The van der Waals surface area contributed by atoms with Gasteiger partial charge in [-0.1, -0.05) is 38.3 Å². The van der Waals surface area contributed by atoms with Crippen LogP contribution in [0.1, 0.15) is 56.2 Å². The summed E-state index contributed by atoms with van der Waals surface area (Å²) < 4.78 is 12.0. The molecule has 128 valence electrons. The highest BCUT2D eigenvalue weighted by Crippen LogP contribution is 2.37. The molecular formula is C22H28O2. The molecule has 1 heterocycles. The lowest BCUT2D eigenvalue weighted by atomic mass is 9.99. The topological polar surface area (TPSA) is 22.4 Å². The minimum absolute atomic E-state index is 0.674. The van der Waals surface area contributed by atoms with Crippen molar-refractivity contribution in [2.45, 2.75) is 59.8 Å². The number of furan rings is 1. The van der Waals surface area contributed by atoms with E-state index in [4.69, 9.17) is 9.15 Å². The van der Waals surface area contributed by atoms with Gasteiger partial charge in [-0.05, 0) is 56.9 Å². The molecule has 0 aliphatic carbocycles. The quantitative estimate of drug-likeness (QED) is 0.450. The standard InChI is InChI=1S/C22H28O2/c1-5-7-8-9-10-17-11-12-18-19-13-14-20(23-6-2)16(4)22(19)24-21(18)15(17)3/h11-14H,5-10H2,1-4H3. The van der Waals surface area contributed by atoms with Crippen LogP contribution < -0.4 is 4.74 Å². The molecule has 0 saturated heterocycles. The van der Waals surface area contributed by atoms with E-state index in [2.05, 4.69) is 45.0 Å². The number of aryl methyl sites for hydroxylation is 3. The lowest BCUT2D eigenvalue weighted by Gasteiger charge is -2.06. The zero-order chi connectivity index (χ0) is 17.1. The van der Waals surface area contributed by atoms with Gasteiger partial charge in [0.2, 0.25) is 0 Å². The van der Waals surface area contributed by atoms with Gasteiger partial charge in [0.15, 0.2) is 0 Å². The number of fused-ring (bicyclic) bond motifs is 3. The molecule has 0 N–H and O–H groups in total. The number of benzene rings is 2. The maximum Gasteiger partial charge on any atom is 0.142 e. The van der Waals surface area contributed by atoms with E-state index in [1.54, 1.807) is 0 Å². The first-order chi connectivity index (χ1) is 11.7. The Morgan fingerprint density at radius 2 is 1.54 bits per heavy atom. The van der Waals surface area contributed by atoms with Gasteiger partial charge >= 0.3 is 0 Å². The summed E-state index contributed by atoms with van der Waals surface area (Å²) in [6, 6.07) is 8.69. The lowest BCUT2D eigenvalue weighted by molar-refractivity contribution is 0.338. The molecule has 0 saturated carbocycles. The Morgan fingerprint density at radius 1 is 0.833 bits per heavy atom. The number of ether oxygens (including phenoxy) is 1. The van der Waals surface area contributed by atoms with E-state index in [9.17, 15) is 0 Å². The van der Waals surface area contributed by atoms with Crippen LogP contribution in [0, 0.1) is 13.8 Å².